The van der Waals surface area contributed by atoms with Gasteiger partial charge in [0.1, 0.15) is 17.3 Å². The average molecular weight is 928 g/mol. The minimum absolute atomic E-state index is 0.0722. The lowest BCUT2D eigenvalue weighted by atomic mass is 9.55. The summed E-state index contributed by atoms with van der Waals surface area (Å²) in [5.74, 6) is -2.98. The molecule has 2 aliphatic carbocycles. The molecule has 4 atom stereocenters. The summed E-state index contributed by atoms with van der Waals surface area (Å²) in [6.07, 6.45) is 6.86. The Morgan fingerprint density at radius 1 is 0.831 bits per heavy atom. The zero-order valence-corrected chi connectivity index (χ0v) is 38.0. The summed E-state index contributed by atoms with van der Waals surface area (Å²) in [5.41, 5.74) is 1.31. The molecule has 5 heterocycles. The van der Waals surface area contributed by atoms with Crippen molar-refractivity contribution in [3.8, 4) is 0 Å². The van der Waals surface area contributed by atoms with Gasteiger partial charge in [-0.25, -0.2) is 9.18 Å². The van der Waals surface area contributed by atoms with Crippen molar-refractivity contribution < 1.29 is 28.4 Å². The third-order valence-corrected chi connectivity index (χ3v) is 16.4. The lowest BCUT2D eigenvalue weighted by Gasteiger charge is -2.49. The quantitative estimate of drug-likeness (QED) is 0.206. The Balaban J connectivity index is 0.827. The number of carbonyl (C=O) groups is 5. The van der Waals surface area contributed by atoms with Gasteiger partial charge in [0.05, 0.1) is 22.1 Å². The molecule has 65 heavy (non-hydrogen) atoms. The van der Waals surface area contributed by atoms with Crippen LogP contribution in [0.15, 0.2) is 59.4 Å². The smallest absolute Gasteiger partial charge is 0.329 e. The van der Waals surface area contributed by atoms with Crippen molar-refractivity contribution in [3.63, 3.8) is 0 Å². The van der Waals surface area contributed by atoms with Gasteiger partial charge in [0.15, 0.2) is 0 Å². The number of likely N-dealkylation sites (tertiary alicyclic amines) is 1. The summed E-state index contributed by atoms with van der Waals surface area (Å²) in [6.45, 7) is 2.27. The van der Waals surface area contributed by atoms with Crippen molar-refractivity contribution >= 4 is 75.1 Å². The molecule has 3 N–H and O–H groups in total. The number of carbonyl (C=O) groups excluding carboxylic acids is 5. The normalized spacial score (nSPS) is 27.9. The summed E-state index contributed by atoms with van der Waals surface area (Å²) < 4.78 is 19.5. The summed E-state index contributed by atoms with van der Waals surface area (Å²) in [6, 6.07) is 14.0. The van der Waals surface area contributed by atoms with Crippen molar-refractivity contribution in [2.24, 2.45) is 13.0 Å². The molecule has 1 aromatic heterocycles. The van der Waals surface area contributed by atoms with E-state index >= 15 is 4.39 Å². The van der Waals surface area contributed by atoms with Crippen LogP contribution in [0.5, 0.6) is 0 Å². The molecule has 2 spiro atoms. The molecule has 0 radical (unpaired) electrons. The highest BCUT2D eigenvalue weighted by Crippen LogP contribution is 2.66. The molecule has 14 nitrogen and oxygen atoms in total. The van der Waals surface area contributed by atoms with Gasteiger partial charge in [-0.2, -0.15) is 0 Å². The number of rotatable bonds is 6. The maximum Gasteiger partial charge on any atom is 0.329 e. The number of likely N-dealkylation sites (N-methyl/N-ethyl adjacent to an activating group) is 1. The number of fused-ring (bicyclic) bond motifs is 4. The molecule has 342 valence electrons. The standard InChI is InChI=1S/C48H53Cl2FN8O6/c1-55-37-26-30(14-16-35(37)59(46(55)65)36-17-18-38(60)54-42(36)61)57-21-23-58(24-22-57)44(63)27-9-12-29(13-10-27)52-43(62)41-39(31-7-6-8-33(50)40(31)51)48(47(56(41)2)19-4-3-5-20-47)32-15-11-28(49)25-34(32)53-45(48)64/h6-8,11,14-16,25-27,29,36,39,41H,3-5,9-10,12-13,17-24H2,1-2H3,(H,52,62)(H,53,64)(H,54,60,61)/t27?,29?,36?,39-,41+,48+/m0/s1. The SMILES string of the molecule is CN1[C@@H](C(=O)NC2CCC(C(=O)N3CCN(c4ccc5c(c4)n(C)c(=O)n5C4CCC(=O)NC4=O)CC3)CC2)[C@H](c2cccc(Cl)c2F)[C@]2(C(=O)Nc3cc(Cl)ccc32)C12CCCCC2. The third kappa shape index (κ3) is 6.80. The molecular weight excluding hydrogens is 874 g/mol. The maximum absolute atomic E-state index is 16.5. The van der Waals surface area contributed by atoms with Gasteiger partial charge < -0.3 is 20.4 Å². The molecule has 0 bridgehead atoms. The first-order valence-electron chi connectivity index (χ1n) is 22.9. The number of hydrogen-bond donors (Lipinski definition) is 3. The predicted octanol–water partition coefficient (Wildman–Crippen LogP) is 5.78. The number of anilines is 2. The molecule has 6 aliphatic rings. The van der Waals surface area contributed by atoms with Crippen molar-refractivity contribution in [3.05, 3.63) is 92.1 Å². The number of halogens is 3. The van der Waals surface area contributed by atoms with Crippen molar-refractivity contribution in [1.82, 2.24) is 29.6 Å². The van der Waals surface area contributed by atoms with Gasteiger partial charge in [-0.15, -0.1) is 0 Å². The third-order valence-electron chi connectivity index (χ3n) is 15.9. The molecule has 1 unspecified atom stereocenters. The van der Waals surface area contributed by atoms with Gasteiger partial charge in [0, 0.05) is 79.5 Å². The molecule has 2 saturated carbocycles. The number of imidazole rings is 1. The average Bonchev–Trinajstić information content (AvgIpc) is 3.82. The number of hydrogen-bond acceptors (Lipinski definition) is 8. The first kappa shape index (κ1) is 43.6. The number of aromatic nitrogens is 2. The fourth-order valence-corrected chi connectivity index (χ4v) is 13.1. The van der Waals surface area contributed by atoms with E-state index in [-0.39, 0.29) is 64.7 Å². The van der Waals surface area contributed by atoms with E-state index in [1.54, 1.807) is 31.3 Å². The summed E-state index contributed by atoms with van der Waals surface area (Å²) in [5, 5.41) is 9.18. The van der Waals surface area contributed by atoms with Crippen LogP contribution in [-0.2, 0) is 36.4 Å². The van der Waals surface area contributed by atoms with E-state index in [9.17, 15) is 28.8 Å². The van der Waals surface area contributed by atoms with Crippen LogP contribution in [0.3, 0.4) is 0 Å². The highest BCUT2D eigenvalue weighted by atomic mass is 35.5. The van der Waals surface area contributed by atoms with E-state index in [0.717, 1.165) is 30.5 Å². The second-order valence-electron chi connectivity index (χ2n) is 18.9. The van der Waals surface area contributed by atoms with E-state index in [1.807, 2.05) is 36.2 Å². The van der Waals surface area contributed by atoms with E-state index in [1.165, 1.54) is 15.2 Å². The van der Waals surface area contributed by atoms with Gasteiger partial charge in [0.2, 0.25) is 29.5 Å². The molecular formula is C48H53Cl2FN8O6. The molecule has 3 aromatic carbocycles. The van der Waals surface area contributed by atoms with Crippen LogP contribution in [0, 0.1) is 11.7 Å². The molecule has 4 aliphatic heterocycles. The van der Waals surface area contributed by atoms with E-state index < -0.39 is 40.7 Å². The highest BCUT2D eigenvalue weighted by molar-refractivity contribution is 6.31. The van der Waals surface area contributed by atoms with Gasteiger partial charge in [-0.05, 0) is 99.5 Å². The van der Waals surface area contributed by atoms with Crippen LogP contribution in [0.4, 0.5) is 15.8 Å². The zero-order valence-electron chi connectivity index (χ0n) is 36.5. The monoisotopic (exact) mass is 926 g/mol. The molecule has 3 saturated heterocycles. The van der Waals surface area contributed by atoms with Gasteiger partial charge in [-0.3, -0.25) is 43.3 Å². The Morgan fingerprint density at radius 3 is 2.29 bits per heavy atom. The highest BCUT2D eigenvalue weighted by Gasteiger charge is 2.74. The molecule has 17 heteroatoms. The predicted molar refractivity (Wildman–Crippen MR) is 245 cm³/mol. The van der Waals surface area contributed by atoms with Crippen LogP contribution in [0.1, 0.15) is 93.7 Å². The van der Waals surface area contributed by atoms with Crippen molar-refractivity contribution in [1.29, 1.82) is 0 Å². The fraction of sp³-hybridized carbons (Fsp3) is 0.500. The van der Waals surface area contributed by atoms with Crippen molar-refractivity contribution in [2.75, 3.05) is 43.4 Å². The minimum Gasteiger partial charge on any atom is -0.368 e. The number of nitrogens with one attached hydrogen (secondary N) is 3. The Labute approximate surface area is 385 Å². The number of benzene rings is 3. The van der Waals surface area contributed by atoms with Crippen LogP contribution in [0.2, 0.25) is 10.0 Å². The zero-order chi connectivity index (χ0) is 45.5. The number of aryl methyl sites for hydroxylation is 1. The Kier molecular flexibility index (Phi) is 11.1. The molecule has 10 rings (SSSR count). The largest absolute Gasteiger partial charge is 0.368 e. The Bertz CT molecular complexity index is 2700. The maximum atomic E-state index is 16.5. The first-order chi connectivity index (χ1) is 31.2. The van der Waals surface area contributed by atoms with Crippen LogP contribution in [-0.4, -0.2) is 99.3 Å². The van der Waals surface area contributed by atoms with Crippen molar-refractivity contribution in [2.45, 2.75) is 106 Å². The topological polar surface area (TPSA) is 158 Å². The summed E-state index contributed by atoms with van der Waals surface area (Å²) in [4.78, 5) is 87.7. The van der Waals surface area contributed by atoms with Crippen LogP contribution in [0.25, 0.3) is 11.0 Å². The molecule has 4 aromatic rings. The number of piperidine rings is 1. The Hall–Kier alpha value is -5.25. The fourth-order valence-electron chi connectivity index (χ4n) is 12.7. The van der Waals surface area contributed by atoms with Gasteiger partial charge in [-0.1, -0.05) is 60.7 Å². The van der Waals surface area contributed by atoms with Crippen LogP contribution < -0.4 is 26.5 Å². The molecule has 5 amide bonds. The van der Waals surface area contributed by atoms with E-state index in [0.29, 0.717) is 86.4 Å². The summed E-state index contributed by atoms with van der Waals surface area (Å²) in [7, 11) is 3.59. The summed E-state index contributed by atoms with van der Waals surface area (Å²) >= 11 is 12.9. The second kappa shape index (κ2) is 16.6. The molecule has 5 fully saturated rings. The Morgan fingerprint density at radius 2 is 1.57 bits per heavy atom. The van der Waals surface area contributed by atoms with Gasteiger partial charge in [0.25, 0.3) is 0 Å². The van der Waals surface area contributed by atoms with E-state index in [2.05, 4.69) is 25.8 Å². The van der Waals surface area contributed by atoms with E-state index in [4.69, 9.17) is 23.2 Å². The van der Waals surface area contributed by atoms with Gasteiger partial charge >= 0.3 is 5.69 Å². The number of nitrogens with zero attached hydrogens (tertiary/aromatic N) is 5. The minimum atomic E-state index is -1.31. The number of amides is 5. The first-order valence-corrected chi connectivity index (χ1v) is 23.7. The number of piperazine rings is 1. The lowest BCUT2D eigenvalue weighted by Crippen LogP contribution is -2.60. The van der Waals surface area contributed by atoms with Crippen LogP contribution >= 0.6 is 23.2 Å². The lowest BCUT2D eigenvalue weighted by molar-refractivity contribution is -0.137. The number of imide groups is 1. The second-order valence-corrected chi connectivity index (χ2v) is 19.8.